The Morgan fingerprint density at radius 1 is 1.00 bits per heavy atom. The Hall–Kier alpha value is -2.08. The molecule has 1 N–H and O–H groups in total. The maximum absolute atomic E-state index is 12.1. The number of nitrogens with one attached hydrogen (secondary N) is 1. The number of rotatable bonds is 8. The van der Waals surface area contributed by atoms with Gasteiger partial charge in [0.15, 0.2) is 0 Å². The van der Waals surface area contributed by atoms with Crippen molar-refractivity contribution in [1.29, 1.82) is 0 Å². The van der Waals surface area contributed by atoms with Crippen LogP contribution in [0.4, 0.5) is 0 Å². The average Bonchev–Trinajstić information content (AvgIpc) is 2.68. The van der Waals surface area contributed by atoms with E-state index in [1.807, 2.05) is 48.5 Å². The molecule has 0 saturated carbocycles. The monoisotopic (exact) mass is 387 g/mol. The van der Waals surface area contributed by atoms with E-state index in [9.17, 15) is 4.79 Å². The van der Waals surface area contributed by atoms with Gasteiger partial charge < -0.3 is 10.1 Å². The largest absolute Gasteiger partial charge is 0.492 e. The summed E-state index contributed by atoms with van der Waals surface area (Å²) in [7, 11) is 0. The van der Waals surface area contributed by atoms with Crippen molar-refractivity contribution in [3.05, 3.63) is 65.2 Å². The molecule has 0 bridgehead atoms. The lowest BCUT2D eigenvalue weighted by Gasteiger charge is -2.34. The third kappa shape index (κ3) is 6.86. The van der Waals surface area contributed by atoms with E-state index in [2.05, 4.69) is 21.2 Å². The van der Waals surface area contributed by atoms with Gasteiger partial charge in [-0.15, -0.1) is 0 Å². The summed E-state index contributed by atoms with van der Waals surface area (Å²) in [5.41, 5.74) is 1.23. The number of benzene rings is 2. The van der Waals surface area contributed by atoms with Crippen LogP contribution < -0.4 is 10.1 Å². The highest BCUT2D eigenvalue weighted by Gasteiger charge is 2.18. The number of para-hydroxylation sites is 1. The number of halogens is 1. The molecule has 1 fully saturated rings. The van der Waals surface area contributed by atoms with Gasteiger partial charge in [0, 0.05) is 37.7 Å². The second-order valence-corrected chi connectivity index (χ2v) is 7.13. The Morgan fingerprint density at radius 2 is 1.74 bits per heavy atom. The normalized spacial score (nSPS) is 15.4. The highest BCUT2D eigenvalue weighted by Crippen LogP contribution is 2.14. The third-order valence-electron chi connectivity index (χ3n) is 4.56. The van der Waals surface area contributed by atoms with Gasteiger partial charge in [0.1, 0.15) is 12.4 Å². The highest BCUT2D eigenvalue weighted by molar-refractivity contribution is 6.30. The summed E-state index contributed by atoms with van der Waals surface area (Å²) >= 11 is 6.05. The third-order valence-corrected chi connectivity index (χ3v) is 4.80. The predicted molar refractivity (Wildman–Crippen MR) is 108 cm³/mol. The van der Waals surface area contributed by atoms with Gasteiger partial charge in [-0.1, -0.05) is 41.9 Å². The number of carbonyl (C=O) groups is 1. The molecule has 1 aliphatic heterocycles. The summed E-state index contributed by atoms with van der Waals surface area (Å²) in [5.74, 6) is 0.873. The Bertz CT molecular complexity index is 718. The van der Waals surface area contributed by atoms with E-state index in [4.69, 9.17) is 16.3 Å². The molecular weight excluding hydrogens is 362 g/mol. The van der Waals surface area contributed by atoms with Crippen LogP contribution in [0.15, 0.2) is 54.6 Å². The molecule has 0 unspecified atom stereocenters. The summed E-state index contributed by atoms with van der Waals surface area (Å²) < 4.78 is 5.58. The molecule has 0 aromatic heterocycles. The second kappa shape index (κ2) is 10.3. The van der Waals surface area contributed by atoms with Crippen LogP contribution in [0.25, 0.3) is 0 Å². The summed E-state index contributed by atoms with van der Waals surface area (Å²) in [4.78, 5) is 16.7. The van der Waals surface area contributed by atoms with Crippen LogP contribution >= 0.6 is 11.6 Å². The van der Waals surface area contributed by atoms with E-state index in [1.165, 1.54) is 5.56 Å². The fraction of sp³-hybridized carbons (Fsp3) is 0.381. The van der Waals surface area contributed by atoms with Crippen LogP contribution in [0.2, 0.25) is 5.02 Å². The van der Waals surface area contributed by atoms with Crippen molar-refractivity contribution < 1.29 is 9.53 Å². The SMILES string of the molecule is O=C(CN1CCN(Cc2cccc(Cl)c2)CC1)NCCOc1ccccc1. The van der Waals surface area contributed by atoms with E-state index >= 15 is 0 Å². The molecule has 5 nitrogen and oxygen atoms in total. The van der Waals surface area contributed by atoms with Crippen LogP contribution in [0.5, 0.6) is 5.75 Å². The summed E-state index contributed by atoms with van der Waals surface area (Å²) in [6.45, 7) is 6.04. The van der Waals surface area contributed by atoms with E-state index in [-0.39, 0.29) is 5.91 Å². The first-order valence-electron chi connectivity index (χ1n) is 9.33. The van der Waals surface area contributed by atoms with Gasteiger partial charge in [-0.2, -0.15) is 0 Å². The Morgan fingerprint density at radius 3 is 2.48 bits per heavy atom. The minimum absolute atomic E-state index is 0.0509. The van der Waals surface area contributed by atoms with E-state index < -0.39 is 0 Å². The van der Waals surface area contributed by atoms with Gasteiger partial charge in [-0.3, -0.25) is 14.6 Å². The predicted octanol–water partition coefficient (Wildman–Crippen LogP) is 2.65. The van der Waals surface area contributed by atoms with E-state index in [0.717, 1.165) is 43.5 Å². The number of ether oxygens (including phenoxy) is 1. The van der Waals surface area contributed by atoms with E-state index in [1.54, 1.807) is 0 Å². The molecular formula is C21H26ClN3O2. The standard InChI is InChI=1S/C21H26ClN3O2/c22-19-6-4-5-18(15-19)16-24-10-12-25(13-11-24)17-21(26)23-9-14-27-20-7-2-1-3-8-20/h1-8,15H,9-14,16-17H2,(H,23,26). The number of carbonyl (C=O) groups excluding carboxylic acids is 1. The van der Waals surface area contributed by atoms with Crippen molar-refractivity contribution in [1.82, 2.24) is 15.1 Å². The molecule has 1 aliphatic rings. The second-order valence-electron chi connectivity index (χ2n) is 6.69. The smallest absolute Gasteiger partial charge is 0.234 e. The first kappa shape index (κ1) is 19.7. The molecule has 144 valence electrons. The van der Waals surface area contributed by atoms with Gasteiger partial charge >= 0.3 is 0 Å². The zero-order valence-electron chi connectivity index (χ0n) is 15.4. The quantitative estimate of drug-likeness (QED) is 0.707. The van der Waals surface area contributed by atoms with Gasteiger partial charge in [0.25, 0.3) is 0 Å². The number of piperazine rings is 1. The Labute approximate surface area is 165 Å². The van der Waals surface area contributed by atoms with Gasteiger partial charge in [-0.25, -0.2) is 0 Å². The first-order chi connectivity index (χ1) is 13.2. The van der Waals surface area contributed by atoms with Gasteiger partial charge in [0.2, 0.25) is 5.91 Å². The van der Waals surface area contributed by atoms with Crippen molar-refractivity contribution >= 4 is 17.5 Å². The maximum Gasteiger partial charge on any atom is 0.234 e. The van der Waals surface area contributed by atoms with E-state index in [0.29, 0.717) is 19.7 Å². The summed E-state index contributed by atoms with van der Waals surface area (Å²) in [5, 5.41) is 3.70. The molecule has 2 aromatic carbocycles. The molecule has 2 aromatic rings. The molecule has 3 rings (SSSR count). The van der Waals surface area contributed by atoms with Crippen molar-refractivity contribution in [2.75, 3.05) is 45.9 Å². The zero-order valence-corrected chi connectivity index (χ0v) is 16.2. The Balaban J connectivity index is 1.30. The molecule has 1 amide bonds. The molecule has 0 atom stereocenters. The fourth-order valence-corrected chi connectivity index (χ4v) is 3.35. The maximum atomic E-state index is 12.1. The van der Waals surface area contributed by atoms with Crippen LogP contribution in [-0.4, -0.2) is 61.6 Å². The topological polar surface area (TPSA) is 44.8 Å². The lowest BCUT2D eigenvalue weighted by molar-refractivity contribution is -0.122. The lowest BCUT2D eigenvalue weighted by atomic mass is 10.2. The number of amides is 1. The molecule has 6 heteroatoms. The fourth-order valence-electron chi connectivity index (χ4n) is 3.13. The molecule has 1 heterocycles. The summed E-state index contributed by atoms with van der Waals surface area (Å²) in [6, 6.07) is 17.6. The Kier molecular flexibility index (Phi) is 7.51. The molecule has 0 radical (unpaired) electrons. The number of hydrogen-bond donors (Lipinski definition) is 1. The number of hydrogen-bond acceptors (Lipinski definition) is 4. The van der Waals surface area contributed by atoms with Crippen LogP contribution in [0.3, 0.4) is 0 Å². The van der Waals surface area contributed by atoms with Crippen LogP contribution in [0, 0.1) is 0 Å². The highest BCUT2D eigenvalue weighted by atomic mass is 35.5. The zero-order chi connectivity index (χ0) is 18.9. The first-order valence-corrected chi connectivity index (χ1v) is 9.70. The molecule has 0 aliphatic carbocycles. The van der Waals surface area contributed by atoms with Crippen LogP contribution in [-0.2, 0) is 11.3 Å². The average molecular weight is 388 g/mol. The summed E-state index contributed by atoms with van der Waals surface area (Å²) in [6.07, 6.45) is 0. The van der Waals surface area contributed by atoms with Crippen molar-refractivity contribution in [3.63, 3.8) is 0 Å². The van der Waals surface area contributed by atoms with Gasteiger partial charge in [0.05, 0.1) is 13.1 Å². The lowest BCUT2D eigenvalue weighted by Crippen LogP contribution is -2.49. The molecule has 27 heavy (non-hydrogen) atoms. The van der Waals surface area contributed by atoms with Crippen molar-refractivity contribution in [3.8, 4) is 5.75 Å². The minimum atomic E-state index is 0.0509. The minimum Gasteiger partial charge on any atom is -0.492 e. The van der Waals surface area contributed by atoms with Crippen molar-refractivity contribution in [2.45, 2.75) is 6.54 Å². The van der Waals surface area contributed by atoms with Crippen LogP contribution in [0.1, 0.15) is 5.56 Å². The molecule has 1 saturated heterocycles. The number of nitrogens with zero attached hydrogens (tertiary/aromatic N) is 2. The molecule has 0 spiro atoms. The van der Waals surface area contributed by atoms with Gasteiger partial charge in [-0.05, 0) is 29.8 Å². The van der Waals surface area contributed by atoms with Crippen molar-refractivity contribution in [2.24, 2.45) is 0 Å².